The van der Waals surface area contributed by atoms with E-state index in [2.05, 4.69) is 21.9 Å². The molecule has 40 heavy (non-hydrogen) atoms. The van der Waals surface area contributed by atoms with Crippen LogP contribution >= 0.6 is 0 Å². The highest BCUT2D eigenvalue weighted by molar-refractivity contribution is 5.29. The second kappa shape index (κ2) is 13.6. The Balaban J connectivity index is 1.51. The van der Waals surface area contributed by atoms with Crippen molar-refractivity contribution in [1.82, 2.24) is 9.55 Å². The highest BCUT2D eigenvalue weighted by Gasteiger charge is 2.45. The molecule has 1 aromatic heterocycles. The number of azide groups is 1. The van der Waals surface area contributed by atoms with Gasteiger partial charge in [0.1, 0.15) is 29.8 Å². The minimum absolute atomic E-state index is 0.298. The van der Waals surface area contributed by atoms with Crippen molar-refractivity contribution < 1.29 is 14.2 Å². The molecule has 2 heterocycles. The molecule has 0 bridgehead atoms. The molecule has 0 amide bonds. The molecule has 8 heteroatoms. The lowest BCUT2D eigenvalue weighted by molar-refractivity contribution is -0.138. The first-order chi connectivity index (χ1) is 19.8. The maximum atomic E-state index is 9.56. The zero-order valence-electron chi connectivity index (χ0n) is 22.3. The molecule has 0 aliphatic carbocycles. The number of nitrogens with zero attached hydrogens (tertiary/aromatic N) is 5. The van der Waals surface area contributed by atoms with Gasteiger partial charge >= 0.3 is 0 Å². The van der Waals surface area contributed by atoms with Gasteiger partial charge < -0.3 is 18.8 Å². The molecule has 202 valence electrons. The van der Waals surface area contributed by atoms with Crippen LogP contribution in [0.3, 0.4) is 0 Å². The average molecular weight is 534 g/mol. The lowest BCUT2D eigenvalue weighted by atomic mass is 9.93. The Hall–Kier alpha value is -4.38. The van der Waals surface area contributed by atoms with Gasteiger partial charge in [0.05, 0.1) is 32.5 Å². The number of aromatic nitrogens is 2. The molecule has 1 aliphatic heterocycles. The Morgan fingerprint density at radius 2 is 1.38 bits per heavy atom. The van der Waals surface area contributed by atoms with Crippen molar-refractivity contribution in [2.24, 2.45) is 5.11 Å². The highest BCUT2D eigenvalue weighted by atomic mass is 16.5. The number of rotatable bonds is 11. The number of imidazole rings is 1. The number of hydrogen-bond donors (Lipinski definition) is 0. The number of fused-ring (bicyclic) bond motifs is 1. The molecule has 0 saturated heterocycles. The van der Waals surface area contributed by atoms with E-state index in [1.54, 1.807) is 6.92 Å². The van der Waals surface area contributed by atoms with Crippen molar-refractivity contribution in [3.05, 3.63) is 136 Å². The van der Waals surface area contributed by atoms with Gasteiger partial charge in [-0.2, -0.15) is 0 Å². The topological polar surface area (TPSA) is 94.3 Å². The van der Waals surface area contributed by atoms with Gasteiger partial charge in [0.15, 0.2) is 0 Å². The van der Waals surface area contributed by atoms with Crippen LogP contribution in [0.25, 0.3) is 10.4 Å². The predicted molar refractivity (Wildman–Crippen MR) is 152 cm³/mol. The molecule has 0 saturated carbocycles. The van der Waals surface area contributed by atoms with E-state index in [1.165, 1.54) is 0 Å². The summed E-state index contributed by atoms with van der Waals surface area (Å²) in [5, 5.41) is 4.16. The van der Waals surface area contributed by atoms with E-state index in [0.717, 1.165) is 16.7 Å². The maximum Gasteiger partial charge on any atom is 0.131 e. The summed E-state index contributed by atoms with van der Waals surface area (Å²) >= 11 is 0. The van der Waals surface area contributed by atoms with Gasteiger partial charge in [-0.1, -0.05) is 102 Å². The number of hydrogen-bond acceptors (Lipinski definition) is 5. The summed E-state index contributed by atoms with van der Waals surface area (Å²) < 4.78 is 21.4. The zero-order chi connectivity index (χ0) is 27.6. The van der Waals surface area contributed by atoms with Crippen molar-refractivity contribution in [2.75, 3.05) is 6.61 Å². The fourth-order valence-corrected chi connectivity index (χ4v) is 4.93. The SMILES string of the molecule is CC#Cc1cn2c(n1)C(N=[N+]=[N-])[C@@H](OCc1ccccc1)[C@H](OCc1ccccc1)C2COCc1ccccc1. The van der Waals surface area contributed by atoms with Crippen molar-refractivity contribution in [3.8, 4) is 11.8 Å². The van der Waals surface area contributed by atoms with Crippen LogP contribution in [-0.2, 0) is 34.0 Å². The average Bonchev–Trinajstić information content (AvgIpc) is 3.42. The van der Waals surface area contributed by atoms with E-state index in [4.69, 9.17) is 19.2 Å². The molecule has 8 nitrogen and oxygen atoms in total. The fourth-order valence-electron chi connectivity index (χ4n) is 4.93. The minimum atomic E-state index is -0.715. The first-order valence-corrected chi connectivity index (χ1v) is 13.2. The molecule has 3 aromatic carbocycles. The normalized spacial score (nSPS) is 19.6. The largest absolute Gasteiger partial charge is 0.375 e. The predicted octanol–water partition coefficient (Wildman–Crippen LogP) is 6.55. The Morgan fingerprint density at radius 1 is 0.825 bits per heavy atom. The van der Waals surface area contributed by atoms with Crippen LogP contribution in [0.15, 0.2) is 102 Å². The van der Waals surface area contributed by atoms with Gasteiger partial charge in [0.25, 0.3) is 0 Å². The van der Waals surface area contributed by atoms with Crippen molar-refractivity contribution in [1.29, 1.82) is 0 Å². The summed E-state index contributed by atoms with van der Waals surface area (Å²) in [6.07, 6.45) is 0.774. The van der Waals surface area contributed by atoms with Crippen LogP contribution < -0.4 is 0 Å². The minimum Gasteiger partial charge on any atom is -0.375 e. The fraction of sp³-hybridized carbons (Fsp3) is 0.281. The Labute approximate surface area is 234 Å². The molecule has 4 atom stereocenters. The van der Waals surface area contributed by atoms with Crippen molar-refractivity contribution in [3.63, 3.8) is 0 Å². The molecule has 0 N–H and O–H groups in total. The van der Waals surface area contributed by atoms with Gasteiger partial charge in [0, 0.05) is 11.1 Å². The van der Waals surface area contributed by atoms with E-state index < -0.39 is 18.2 Å². The highest BCUT2D eigenvalue weighted by Crippen LogP contribution is 2.39. The van der Waals surface area contributed by atoms with Gasteiger partial charge in [-0.25, -0.2) is 4.98 Å². The quantitative estimate of drug-likeness (QED) is 0.0946. The van der Waals surface area contributed by atoms with Crippen LogP contribution in [0, 0.1) is 11.8 Å². The second-order valence-electron chi connectivity index (χ2n) is 9.51. The van der Waals surface area contributed by atoms with Crippen LogP contribution in [0.2, 0.25) is 0 Å². The molecular weight excluding hydrogens is 502 g/mol. The third kappa shape index (κ3) is 6.60. The first kappa shape index (κ1) is 27.2. The molecule has 0 radical (unpaired) electrons. The van der Waals surface area contributed by atoms with Gasteiger partial charge in [0.2, 0.25) is 0 Å². The summed E-state index contributed by atoms with van der Waals surface area (Å²) in [6, 6.07) is 28.9. The summed E-state index contributed by atoms with van der Waals surface area (Å²) in [7, 11) is 0. The summed E-state index contributed by atoms with van der Waals surface area (Å²) in [5.74, 6) is 6.53. The second-order valence-corrected chi connectivity index (χ2v) is 9.51. The Kier molecular flexibility index (Phi) is 9.25. The monoisotopic (exact) mass is 533 g/mol. The smallest absolute Gasteiger partial charge is 0.131 e. The van der Waals surface area contributed by atoms with E-state index >= 15 is 0 Å². The van der Waals surface area contributed by atoms with Crippen LogP contribution in [0.1, 0.15) is 47.2 Å². The van der Waals surface area contributed by atoms with E-state index in [1.807, 2.05) is 102 Å². The number of benzene rings is 3. The van der Waals surface area contributed by atoms with E-state index in [-0.39, 0.29) is 6.04 Å². The molecule has 2 unspecified atom stereocenters. The maximum absolute atomic E-state index is 9.56. The van der Waals surface area contributed by atoms with Crippen LogP contribution in [-0.4, -0.2) is 28.4 Å². The van der Waals surface area contributed by atoms with E-state index in [0.29, 0.717) is 37.9 Å². The van der Waals surface area contributed by atoms with Gasteiger partial charge in [-0.15, -0.1) is 0 Å². The summed E-state index contributed by atoms with van der Waals surface area (Å²) in [6.45, 7) is 3.24. The molecule has 5 rings (SSSR count). The summed E-state index contributed by atoms with van der Waals surface area (Å²) in [5.41, 5.74) is 13.3. The lowest BCUT2D eigenvalue weighted by Gasteiger charge is -2.41. The first-order valence-electron chi connectivity index (χ1n) is 13.2. The standard InChI is InChI=1S/C32H31N5O3/c1-2-12-27-19-37-28(23-38-20-24-13-6-3-7-14-24)30(39-21-25-15-8-4-9-16-25)31(29(35-36-33)32(37)34-27)40-22-26-17-10-5-11-18-26/h3-11,13-19,28-31H,20-23H2,1H3/t28?,29?,30-,31-/m1/s1. The van der Waals surface area contributed by atoms with Gasteiger partial charge in [-0.3, -0.25) is 0 Å². The molecule has 0 fully saturated rings. The third-order valence-electron chi connectivity index (χ3n) is 6.80. The van der Waals surface area contributed by atoms with Crippen molar-refractivity contribution >= 4 is 0 Å². The zero-order valence-corrected chi connectivity index (χ0v) is 22.3. The number of ether oxygens (including phenoxy) is 3. The third-order valence-corrected chi connectivity index (χ3v) is 6.80. The molecule has 4 aromatic rings. The molecular formula is C32H31N5O3. The Morgan fingerprint density at radius 3 is 1.93 bits per heavy atom. The van der Waals surface area contributed by atoms with Crippen molar-refractivity contribution in [2.45, 2.75) is 51.0 Å². The molecule has 1 aliphatic rings. The molecule has 0 spiro atoms. The van der Waals surface area contributed by atoms with Gasteiger partial charge in [-0.05, 0) is 35.1 Å². The lowest BCUT2D eigenvalue weighted by Crippen LogP contribution is -2.48. The van der Waals surface area contributed by atoms with E-state index in [9.17, 15) is 5.53 Å². The summed E-state index contributed by atoms with van der Waals surface area (Å²) in [4.78, 5) is 7.92. The van der Waals surface area contributed by atoms with Crippen LogP contribution in [0.4, 0.5) is 0 Å². The van der Waals surface area contributed by atoms with Crippen LogP contribution in [0.5, 0.6) is 0 Å². The Bertz CT molecular complexity index is 1470.